The molecule has 0 atom stereocenters. The van der Waals surface area contributed by atoms with Gasteiger partial charge in [-0.15, -0.1) is 0 Å². The predicted octanol–water partition coefficient (Wildman–Crippen LogP) is 2.08. The number of nitrogens with zero attached hydrogens (tertiary/aromatic N) is 1. The number of hydrazone groups is 1. The van der Waals surface area contributed by atoms with E-state index in [-0.39, 0.29) is 25.0 Å². The Hall–Kier alpha value is -3.55. The van der Waals surface area contributed by atoms with E-state index < -0.39 is 0 Å². The van der Waals surface area contributed by atoms with Crippen LogP contribution in [0.1, 0.15) is 18.1 Å². The second-order valence-corrected chi connectivity index (χ2v) is 6.17. The standard InChI is InChI=1S/C21H26N4O4/c1-4-22-21(27)14-29-18-10-7-16(11-19(18)28-3)12-24-25-20(26)13-23-17-8-5-15(2)6-9-17/h5-12,23H,4,13-14H2,1-3H3,(H,22,27)(H,25,26)/b24-12+. The van der Waals surface area contributed by atoms with Crippen molar-refractivity contribution in [2.75, 3.05) is 32.1 Å². The molecule has 0 spiro atoms. The fraction of sp³-hybridized carbons (Fsp3) is 0.286. The lowest BCUT2D eigenvalue weighted by atomic mass is 10.2. The summed E-state index contributed by atoms with van der Waals surface area (Å²) in [5.41, 5.74) is 5.19. The van der Waals surface area contributed by atoms with Crippen molar-refractivity contribution < 1.29 is 19.1 Å². The molecule has 29 heavy (non-hydrogen) atoms. The van der Waals surface area contributed by atoms with Crippen LogP contribution in [0.2, 0.25) is 0 Å². The molecule has 2 amide bonds. The van der Waals surface area contributed by atoms with E-state index in [4.69, 9.17) is 9.47 Å². The van der Waals surface area contributed by atoms with Crippen LogP contribution < -0.4 is 25.5 Å². The fourth-order valence-electron chi connectivity index (χ4n) is 2.35. The van der Waals surface area contributed by atoms with Gasteiger partial charge in [0.2, 0.25) is 0 Å². The van der Waals surface area contributed by atoms with E-state index in [0.29, 0.717) is 23.6 Å². The molecular formula is C21H26N4O4. The number of hydrogen-bond acceptors (Lipinski definition) is 6. The number of amides is 2. The van der Waals surface area contributed by atoms with E-state index in [2.05, 4.69) is 21.2 Å². The third-order valence-corrected chi connectivity index (χ3v) is 3.83. The monoisotopic (exact) mass is 398 g/mol. The minimum absolute atomic E-state index is 0.0956. The lowest BCUT2D eigenvalue weighted by molar-refractivity contribution is -0.123. The molecule has 8 nitrogen and oxygen atoms in total. The largest absolute Gasteiger partial charge is 0.493 e. The van der Waals surface area contributed by atoms with Gasteiger partial charge >= 0.3 is 0 Å². The highest BCUT2D eigenvalue weighted by molar-refractivity contribution is 5.85. The van der Waals surface area contributed by atoms with E-state index in [0.717, 1.165) is 11.3 Å². The zero-order valence-electron chi connectivity index (χ0n) is 16.8. The van der Waals surface area contributed by atoms with Crippen molar-refractivity contribution in [3.05, 3.63) is 53.6 Å². The maximum absolute atomic E-state index is 11.9. The van der Waals surface area contributed by atoms with Gasteiger partial charge in [0.05, 0.1) is 19.9 Å². The first-order chi connectivity index (χ1) is 14.0. The van der Waals surface area contributed by atoms with Crippen LogP contribution in [0.4, 0.5) is 5.69 Å². The van der Waals surface area contributed by atoms with Crippen molar-refractivity contribution in [1.29, 1.82) is 0 Å². The van der Waals surface area contributed by atoms with Gasteiger partial charge in [0.1, 0.15) is 0 Å². The van der Waals surface area contributed by atoms with Crippen molar-refractivity contribution in [3.8, 4) is 11.5 Å². The number of benzene rings is 2. The van der Waals surface area contributed by atoms with Gasteiger partial charge in [0.15, 0.2) is 18.1 Å². The van der Waals surface area contributed by atoms with Crippen molar-refractivity contribution >= 4 is 23.7 Å². The summed E-state index contributed by atoms with van der Waals surface area (Å²) in [6, 6.07) is 12.9. The minimum atomic E-state index is -0.268. The Bertz CT molecular complexity index is 850. The number of anilines is 1. The van der Waals surface area contributed by atoms with Gasteiger partial charge in [-0.05, 0) is 49.7 Å². The zero-order chi connectivity index (χ0) is 21.1. The molecule has 0 aromatic heterocycles. The fourth-order valence-corrected chi connectivity index (χ4v) is 2.35. The normalized spacial score (nSPS) is 10.4. The Morgan fingerprint density at radius 2 is 1.83 bits per heavy atom. The van der Waals surface area contributed by atoms with Crippen LogP contribution >= 0.6 is 0 Å². The molecule has 0 heterocycles. The summed E-state index contributed by atoms with van der Waals surface area (Å²) < 4.78 is 10.7. The van der Waals surface area contributed by atoms with Crippen molar-refractivity contribution in [3.63, 3.8) is 0 Å². The third-order valence-electron chi connectivity index (χ3n) is 3.83. The number of methoxy groups -OCH3 is 1. The molecule has 2 aromatic rings. The SMILES string of the molecule is CCNC(=O)COc1ccc(/C=N/NC(=O)CNc2ccc(C)cc2)cc1OC. The van der Waals surface area contributed by atoms with E-state index in [1.165, 1.54) is 13.3 Å². The van der Waals surface area contributed by atoms with Crippen LogP contribution in [0, 0.1) is 6.92 Å². The van der Waals surface area contributed by atoms with Gasteiger partial charge in [0.25, 0.3) is 11.8 Å². The molecule has 0 aliphatic heterocycles. The highest BCUT2D eigenvalue weighted by atomic mass is 16.5. The van der Waals surface area contributed by atoms with Crippen molar-refractivity contribution in [1.82, 2.24) is 10.7 Å². The van der Waals surface area contributed by atoms with Gasteiger partial charge in [-0.3, -0.25) is 9.59 Å². The molecule has 0 aliphatic rings. The minimum Gasteiger partial charge on any atom is -0.493 e. The first-order valence-corrected chi connectivity index (χ1v) is 9.21. The number of hydrogen-bond donors (Lipinski definition) is 3. The Morgan fingerprint density at radius 1 is 1.07 bits per heavy atom. The van der Waals surface area contributed by atoms with E-state index in [1.54, 1.807) is 18.2 Å². The Kier molecular flexibility index (Phi) is 8.50. The van der Waals surface area contributed by atoms with Crippen LogP contribution in [0.5, 0.6) is 11.5 Å². The number of ether oxygens (including phenoxy) is 2. The number of likely N-dealkylation sites (N-methyl/N-ethyl adjacent to an activating group) is 1. The van der Waals surface area contributed by atoms with Gasteiger partial charge in [0, 0.05) is 12.2 Å². The quantitative estimate of drug-likeness (QED) is 0.420. The van der Waals surface area contributed by atoms with Crippen LogP contribution in [0.3, 0.4) is 0 Å². The molecule has 0 saturated carbocycles. The number of carbonyl (C=O) groups excluding carboxylic acids is 2. The van der Waals surface area contributed by atoms with E-state index in [9.17, 15) is 9.59 Å². The average Bonchev–Trinajstić information content (AvgIpc) is 2.72. The molecule has 3 N–H and O–H groups in total. The van der Waals surface area contributed by atoms with Gasteiger partial charge < -0.3 is 20.1 Å². The van der Waals surface area contributed by atoms with Crippen LogP contribution in [-0.2, 0) is 9.59 Å². The number of nitrogens with one attached hydrogen (secondary N) is 3. The van der Waals surface area contributed by atoms with Gasteiger partial charge in [-0.1, -0.05) is 17.7 Å². The summed E-state index contributed by atoms with van der Waals surface area (Å²) in [5.74, 6) is 0.436. The van der Waals surface area contributed by atoms with E-state index in [1.807, 2.05) is 38.1 Å². The molecule has 154 valence electrons. The first-order valence-electron chi connectivity index (χ1n) is 9.21. The van der Waals surface area contributed by atoms with Crippen molar-refractivity contribution in [2.24, 2.45) is 5.10 Å². The van der Waals surface area contributed by atoms with Gasteiger partial charge in [-0.25, -0.2) is 5.43 Å². The molecule has 2 aromatic carbocycles. The number of rotatable bonds is 10. The molecule has 0 unspecified atom stereocenters. The van der Waals surface area contributed by atoms with Gasteiger partial charge in [-0.2, -0.15) is 5.10 Å². The zero-order valence-corrected chi connectivity index (χ0v) is 16.8. The lowest BCUT2D eigenvalue weighted by Gasteiger charge is -2.11. The summed E-state index contributed by atoms with van der Waals surface area (Å²) in [4.78, 5) is 23.4. The molecular weight excluding hydrogens is 372 g/mol. The van der Waals surface area contributed by atoms with Crippen LogP contribution in [0.15, 0.2) is 47.6 Å². The Labute approximate surface area is 170 Å². The molecule has 8 heteroatoms. The lowest BCUT2D eigenvalue weighted by Crippen LogP contribution is -2.28. The summed E-state index contributed by atoms with van der Waals surface area (Å²) in [7, 11) is 1.51. The molecule has 0 bridgehead atoms. The molecule has 0 fully saturated rings. The van der Waals surface area contributed by atoms with Crippen LogP contribution in [-0.4, -0.2) is 44.8 Å². The highest BCUT2D eigenvalue weighted by Crippen LogP contribution is 2.27. The maximum atomic E-state index is 11.9. The maximum Gasteiger partial charge on any atom is 0.259 e. The van der Waals surface area contributed by atoms with Crippen molar-refractivity contribution in [2.45, 2.75) is 13.8 Å². The second kappa shape index (κ2) is 11.3. The number of carbonyl (C=O) groups is 2. The Morgan fingerprint density at radius 3 is 2.52 bits per heavy atom. The average molecular weight is 398 g/mol. The highest BCUT2D eigenvalue weighted by Gasteiger charge is 2.08. The molecule has 0 saturated heterocycles. The smallest absolute Gasteiger partial charge is 0.259 e. The summed E-state index contributed by atoms with van der Waals surface area (Å²) in [6.45, 7) is 4.39. The van der Waals surface area contributed by atoms with Crippen LogP contribution in [0.25, 0.3) is 0 Å². The third kappa shape index (κ3) is 7.53. The van der Waals surface area contributed by atoms with E-state index >= 15 is 0 Å². The summed E-state index contributed by atoms with van der Waals surface area (Å²) in [6.07, 6.45) is 1.50. The molecule has 0 radical (unpaired) electrons. The molecule has 0 aliphatic carbocycles. The summed E-state index contributed by atoms with van der Waals surface area (Å²) in [5, 5.41) is 9.62. The predicted molar refractivity (Wildman–Crippen MR) is 113 cm³/mol. The topological polar surface area (TPSA) is 101 Å². The molecule has 2 rings (SSSR count). The Balaban J connectivity index is 1.85. The summed E-state index contributed by atoms with van der Waals surface area (Å²) >= 11 is 0. The number of aryl methyl sites for hydroxylation is 1. The second-order valence-electron chi connectivity index (χ2n) is 6.17. The first kappa shape index (κ1) is 21.7.